The quantitative estimate of drug-likeness (QED) is 0.276. The Morgan fingerprint density at radius 3 is 2.05 bits per heavy atom. The lowest BCUT2D eigenvalue weighted by Gasteiger charge is -2.35. The van der Waals surface area contributed by atoms with E-state index in [9.17, 15) is 19.2 Å². The Morgan fingerprint density at radius 2 is 1.47 bits per heavy atom. The number of hydrogen-bond donors (Lipinski definition) is 2. The second kappa shape index (κ2) is 15.7. The molecule has 2 N–H and O–H groups in total. The van der Waals surface area contributed by atoms with Crippen LogP contribution < -0.4 is 10.6 Å². The maximum atomic E-state index is 12.5. The van der Waals surface area contributed by atoms with E-state index in [0.717, 1.165) is 50.1 Å². The fourth-order valence-corrected chi connectivity index (χ4v) is 5.91. The highest BCUT2D eigenvalue weighted by atomic mass is 16.2. The molecule has 0 radical (unpaired) electrons. The first-order chi connectivity index (χ1) is 20.3. The zero-order valence-corrected chi connectivity index (χ0v) is 27.4. The molecular weight excluding hydrogens is 538 g/mol. The fraction of sp³-hybridized carbons (Fsp3) is 0.667. The maximum absolute atomic E-state index is 12.5. The highest BCUT2D eigenvalue weighted by Crippen LogP contribution is 2.37. The molecular formula is C36H55N3O4. The van der Waals surface area contributed by atoms with E-state index < -0.39 is 0 Å². The van der Waals surface area contributed by atoms with Crippen molar-refractivity contribution in [2.24, 2.45) is 34.5 Å². The molecule has 7 heteroatoms. The zero-order chi connectivity index (χ0) is 31.6. The van der Waals surface area contributed by atoms with Crippen LogP contribution in [0, 0.1) is 34.5 Å². The van der Waals surface area contributed by atoms with Gasteiger partial charge in [0.15, 0.2) is 0 Å². The lowest BCUT2D eigenvalue weighted by atomic mass is 9.73. The molecule has 7 nitrogen and oxygen atoms in total. The Kier molecular flexibility index (Phi) is 12.6. The number of carbonyl (C=O) groups is 4. The lowest BCUT2D eigenvalue weighted by molar-refractivity contribution is -0.138. The SMILES string of the molecule is CC(C)(CNC(=O)C1CCC(CN2C(=O)C=CC2=O)CC1)CC1CCC1.CCC(C)(C)CNC(=O)C1=CC=CC(C)C=C1. The van der Waals surface area contributed by atoms with Gasteiger partial charge in [-0.2, -0.15) is 0 Å². The summed E-state index contributed by atoms with van der Waals surface area (Å²) in [6.45, 7) is 15.0. The van der Waals surface area contributed by atoms with Crippen molar-refractivity contribution in [1.82, 2.24) is 15.5 Å². The summed E-state index contributed by atoms with van der Waals surface area (Å²) in [7, 11) is 0. The van der Waals surface area contributed by atoms with Crippen LogP contribution in [-0.4, -0.2) is 48.2 Å². The van der Waals surface area contributed by atoms with Gasteiger partial charge in [0.25, 0.3) is 17.7 Å². The third-order valence-corrected chi connectivity index (χ3v) is 9.58. The van der Waals surface area contributed by atoms with Gasteiger partial charge < -0.3 is 10.6 Å². The van der Waals surface area contributed by atoms with Crippen molar-refractivity contribution in [2.45, 2.75) is 99.3 Å². The minimum absolute atomic E-state index is 0.0153. The minimum Gasteiger partial charge on any atom is -0.355 e. The van der Waals surface area contributed by atoms with Crippen molar-refractivity contribution in [3.05, 3.63) is 48.1 Å². The van der Waals surface area contributed by atoms with E-state index in [1.54, 1.807) is 0 Å². The molecule has 2 saturated carbocycles. The fourth-order valence-electron chi connectivity index (χ4n) is 5.91. The van der Waals surface area contributed by atoms with Crippen molar-refractivity contribution in [3.63, 3.8) is 0 Å². The monoisotopic (exact) mass is 593 g/mol. The highest BCUT2D eigenvalue weighted by Gasteiger charge is 2.32. The van der Waals surface area contributed by atoms with E-state index in [-0.39, 0.29) is 40.4 Å². The summed E-state index contributed by atoms with van der Waals surface area (Å²) < 4.78 is 0. The van der Waals surface area contributed by atoms with Crippen molar-refractivity contribution in [1.29, 1.82) is 0 Å². The second-order valence-electron chi connectivity index (χ2n) is 14.6. The van der Waals surface area contributed by atoms with Gasteiger partial charge in [-0.05, 0) is 73.2 Å². The number of nitrogens with one attached hydrogen (secondary N) is 2. The Morgan fingerprint density at radius 1 is 0.837 bits per heavy atom. The number of hydrogen-bond acceptors (Lipinski definition) is 4. The van der Waals surface area contributed by atoms with Crippen LogP contribution in [-0.2, 0) is 19.2 Å². The summed E-state index contributed by atoms with van der Waals surface area (Å²) in [6, 6.07) is 0. The number of rotatable bonds is 11. The van der Waals surface area contributed by atoms with Gasteiger partial charge in [0.05, 0.1) is 0 Å². The van der Waals surface area contributed by atoms with Crippen LogP contribution in [0.25, 0.3) is 0 Å². The Hall–Kier alpha value is -2.96. The molecule has 4 aliphatic rings. The Balaban J connectivity index is 0.000000259. The molecule has 3 aliphatic carbocycles. The summed E-state index contributed by atoms with van der Waals surface area (Å²) >= 11 is 0. The van der Waals surface area contributed by atoms with Gasteiger partial charge in [0.1, 0.15) is 0 Å². The number of nitrogens with zero attached hydrogens (tertiary/aromatic N) is 1. The number of allylic oxidation sites excluding steroid dienone is 4. The summed E-state index contributed by atoms with van der Waals surface area (Å²) in [4.78, 5) is 49.1. The maximum Gasteiger partial charge on any atom is 0.253 e. The number of amides is 4. The van der Waals surface area contributed by atoms with Crippen molar-refractivity contribution in [3.8, 4) is 0 Å². The topological polar surface area (TPSA) is 95.6 Å². The van der Waals surface area contributed by atoms with Gasteiger partial charge in [-0.25, -0.2) is 0 Å². The van der Waals surface area contributed by atoms with E-state index in [1.165, 1.54) is 42.7 Å². The predicted molar refractivity (Wildman–Crippen MR) is 173 cm³/mol. The summed E-state index contributed by atoms with van der Waals surface area (Å²) in [5, 5.41) is 6.17. The molecule has 2 fully saturated rings. The smallest absolute Gasteiger partial charge is 0.253 e. The molecule has 0 spiro atoms. The molecule has 1 atom stereocenters. The van der Waals surface area contributed by atoms with E-state index >= 15 is 0 Å². The third kappa shape index (κ3) is 11.2. The standard InChI is InChI=1S/C21H32N2O3.C15H23NO/c1-21(2,12-15-4-3-5-15)14-22-20(26)17-8-6-16(7-9-17)13-23-18(24)10-11-19(23)25;1-5-15(3,4)11-16-14(17)13-8-6-7-12(2)9-10-13/h10-11,15-17H,3-9,12-14H2,1-2H3,(H,22,26);6-10,12H,5,11H2,1-4H3,(H,16,17). The molecule has 0 aromatic carbocycles. The molecule has 238 valence electrons. The van der Waals surface area contributed by atoms with E-state index in [4.69, 9.17) is 0 Å². The molecule has 1 aliphatic heterocycles. The van der Waals surface area contributed by atoms with Gasteiger partial charge in [0, 0.05) is 43.3 Å². The molecule has 0 aromatic heterocycles. The van der Waals surface area contributed by atoms with Crippen molar-refractivity contribution >= 4 is 23.6 Å². The Labute approximate surface area is 259 Å². The summed E-state index contributed by atoms with van der Waals surface area (Å²) in [5.41, 5.74) is 1.06. The first kappa shape index (κ1) is 34.5. The molecule has 4 amide bonds. The van der Waals surface area contributed by atoms with E-state index in [2.05, 4.69) is 58.3 Å². The first-order valence-corrected chi connectivity index (χ1v) is 16.4. The molecule has 43 heavy (non-hydrogen) atoms. The van der Waals surface area contributed by atoms with Crippen molar-refractivity contribution in [2.75, 3.05) is 19.6 Å². The first-order valence-electron chi connectivity index (χ1n) is 16.4. The average Bonchev–Trinajstić information content (AvgIpc) is 3.12. The summed E-state index contributed by atoms with van der Waals surface area (Å²) in [5.74, 6) is 1.43. The minimum atomic E-state index is -0.205. The lowest BCUT2D eigenvalue weighted by Crippen LogP contribution is -2.41. The number of carbonyl (C=O) groups excluding carboxylic acids is 4. The molecule has 1 heterocycles. The van der Waals surface area contributed by atoms with E-state index in [0.29, 0.717) is 24.9 Å². The van der Waals surface area contributed by atoms with Crippen LogP contribution in [0.15, 0.2) is 48.1 Å². The van der Waals surface area contributed by atoms with Crippen LogP contribution >= 0.6 is 0 Å². The normalized spacial score (nSPS) is 24.1. The van der Waals surface area contributed by atoms with Crippen LogP contribution in [0.5, 0.6) is 0 Å². The molecule has 0 saturated heterocycles. The molecule has 0 bridgehead atoms. The van der Waals surface area contributed by atoms with Crippen LogP contribution in [0.3, 0.4) is 0 Å². The van der Waals surface area contributed by atoms with Crippen LogP contribution in [0.4, 0.5) is 0 Å². The van der Waals surface area contributed by atoms with E-state index in [1.807, 2.05) is 24.3 Å². The van der Waals surface area contributed by atoms with Gasteiger partial charge >= 0.3 is 0 Å². The van der Waals surface area contributed by atoms with Crippen LogP contribution in [0.2, 0.25) is 0 Å². The van der Waals surface area contributed by atoms with Crippen LogP contribution in [0.1, 0.15) is 99.3 Å². The summed E-state index contributed by atoms with van der Waals surface area (Å²) in [6.07, 6.45) is 22.3. The van der Waals surface area contributed by atoms with Crippen molar-refractivity contribution < 1.29 is 19.2 Å². The highest BCUT2D eigenvalue weighted by molar-refractivity contribution is 6.12. The van der Waals surface area contributed by atoms with Gasteiger partial charge in [-0.1, -0.05) is 85.1 Å². The molecule has 1 unspecified atom stereocenters. The predicted octanol–water partition coefficient (Wildman–Crippen LogP) is 6.28. The largest absolute Gasteiger partial charge is 0.355 e. The zero-order valence-electron chi connectivity index (χ0n) is 27.4. The third-order valence-electron chi connectivity index (χ3n) is 9.58. The molecule has 0 aromatic rings. The van der Waals surface area contributed by atoms with Gasteiger partial charge in [-0.3, -0.25) is 24.1 Å². The second-order valence-corrected chi connectivity index (χ2v) is 14.6. The van der Waals surface area contributed by atoms with Gasteiger partial charge in [-0.15, -0.1) is 0 Å². The number of imide groups is 1. The average molecular weight is 594 g/mol. The Bertz CT molecular complexity index is 1100. The van der Waals surface area contributed by atoms with Gasteiger partial charge in [0.2, 0.25) is 5.91 Å². The molecule has 4 rings (SSSR count).